The summed E-state index contributed by atoms with van der Waals surface area (Å²) in [5.74, 6) is 0.706. The van der Waals surface area contributed by atoms with E-state index in [4.69, 9.17) is 44.8 Å². The third kappa shape index (κ3) is 6.09. The first-order valence-electron chi connectivity index (χ1n) is 11.2. The zero-order valence-corrected chi connectivity index (χ0v) is 22.6. The van der Waals surface area contributed by atoms with Crippen molar-refractivity contribution in [1.29, 1.82) is 0 Å². The first-order valence-corrected chi connectivity index (χ1v) is 13.1. The summed E-state index contributed by atoms with van der Waals surface area (Å²) in [6.07, 6.45) is 2.91. The van der Waals surface area contributed by atoms with Gasteiger partial charge in [-0.3, -0.25) is 10.1 Å². The second-order valence-corrected chi connectivity index (χ2v) is 10.5. The van der Waals surface area contributed by atoms with E-state index in [2.05, 4.69) is 16.7 Å². The molecular weight excluding hydrogens is 545 g/mol. The number of hydrogen-bond donors (Lipinski definition) is 2. The Balaban J connectivity index is 1.20. The molecule has 5 nitrogen and oxygen atoms in total. The summed E-state index contributed by atoms with van der Waals surface area (Å²) in [4.78, 5) is 17.1. The average Bonchev–Trinajstić information content (AvgIpc) is 3.51. The average molecular weight is 565 g/mol. The number of nitrogens with zero attached hydrogens (tertiary/aromatic N) is 1. The molecule has 0 radical (unpaired) electrons. The van der Waals surface area contributed by atoms with Gasteiger partial charge in [0.15, 0.2) is 5.11 Å². The number of hydrogen-bond acceptors (Lipinski definition) is 5. The number of anilines is 1. The number of amides is 1. The van der Waals surface area contributed by atoms with E-state index in [1.54, 1.807) is 47.7 Å². The van der Waals surface area contributed by atoms with Gasteiger partial charge >= 0.3 is 0 Å². The molecule has 0 bridgehead atoms. The van der Waals surface area contributed by atoms with Gasteiger partial charge in [-0.15, -0.1) is 11.3 Å². The fourth-order valence-corrected chi connectivity index (χ4v) is 5.39. The van der Waals surface area contributed by atoms with Crippen LogP contribution in [0.3, 0.4) is 0 Å². The van der Waals surface area contributed by atoms with Crippen molar-refractivity contribution in [3.05, 3.63) is 100 Å². The standard InChI is InChI=1S/C28H19Cl2N3O2S2/c1-16-12-17(27-31-23-4-2-3-5-25(23)37-27)6-9-22(16)32-28(36)33-26(34)11-8-21-7-10-24(35-21)18-13-19(29)15-20(30)14-18/h2-15H,1H3,(H2,32,33,34,36)/b11-8+. The lowest BCUT2D eigenvalue weighted by Crippen LogP contribution is -2.33. The summed E-state index contributed by atoms with van der Waals surface area (Å²) >= 11 is 19.1. The molecule has 0 spiro atoms. The van der Waals surface area contributed by atoms with Crippen molar-refractivity contribution < 1.29 is 9.21 Å². The van der Waals surface area contributed by atoms with Crippen molar-refractivity contribution in [1.82, 2.24) is 10.3 Å². The van der Waals surface area contributed by atoms with Crippen LogP contribution >= 0.6 is 46.8 Å². The van der Waals surface area contributed by atoms with Crippen LogP contribution in [0.15, 0.2) is 83.3 Å². The topological polar surface area (TPSA) is 67.2 Å². The van der Waals surface area contributed by atoms with Gasteiger partial charge in [-0.1, -0.05) is 35.3 Å². The molecule has 0 unspecified atom stereocenters. The van der Waals surface area contributed by atoms with Gasteiger partial charge in [0, 0.05) is 32.9 Å². The summed E-state index contributed by atoms with van der Waals surface area (Å²) in [5, 5.41) is 7.90. The number of carbonyl (C=O) groups excluding carboxylic acids is 1. The molecule has 5 aromatic rings. The zero-order valence-electron chi connectivity index (χ0n) is 19.4. The number of thiazole rings is 1. The van der Waals surface area contributed by atoms with Gasteiger partial charge in [-0.05, 0) is 91.4 Å². The van der Waals surface area contributed by atoms with E-state index >= 15 is 0 Å². The number of halogens is 2. The Morgan fingerprint density at radius 3 is 2.54 bits per heavy atom. The second kappa shape index (κ2) is 10.9. The van der Waals surface area contributed by atoms with Crippen molar-refractivity contribution in [3.8, 4) is 21.9 Å². The molecule has 5 rings (SSSR count). The number of aryl methyl sites for hydroxylation is 1. The normalized spacial score (nSPS) is 11.2. The summed E-state index contributed by atoms with van der Waals surface area (Å²) in [6, 6.07) is 22.7. The number of aromatic nitrogens is 1. The van der Waals surface area contributed by atoms with E-state index in [0.29, 0.717) is 21.6 Å². The third-order valence-corrected chi connectivity index (χ3v) is 7.15. The van der Waals surface area contributed by atoms with Crippen LogP contribution in [0.4, 0.5) is 5.69 Å². The smallest absolute Gasteiger partial charge is 0.250 e. The maximum atomic E-state index is 12.4. The monoisotopic (exact) mass is 563 g/mol. The number of carbonyl (C=O) groups is 1. The van der Waals surface area contributed by atoms with Crippen LogP contribution < -0.4 is 10.6 Å². The van der Waals surface area contributed by atoms with E-state index in [1.807, 2.05) is 43.3 Å². The van der Waals surface area contributed by atoms with E-state index in [9.17, 15) is 4.79 Å². The summed E-state index contributed by atoms with van der Waals surface area (Å²) < 4.78 is 6.92. The predicted octanol–water partition coefficient (Wildman–Crippen LogP) is 8.36. The Morgan fingerprint density at radius 2 is 1.78 bits per heavy atom. The molecule has 3 aromatic carbocycles. The van der Waals surface area contributed by atoms with Gasteiger partial charge in [0.05, 0.1) is 10.2 Å². The highest BCUT2D eigenvalue weighted by Gasteiger charge is 2.10. The largest absolute Gasteiger partial charge is 0.457 e. The molecule has 0 fully saturated rings. The molecule has 0 aliphatic heterocycles. The van der Waals surface area contributed by atoms with Gasteiger partial charge in [0.25, 0.3) is 0 Å². The lowest BCUT2D eigenvalue weighted by Gasteiger charge is -2.11. The Hall–Kier alpha value is -3.49. The van der Waals surface area contributed by atoms with Crippen LogP contribution in [0.5, 0.6) is 0 Å². The Bertz CT molecular complexity index is 1620. The maximum Gasteiger partial charge on any atom is 0.250 e. The van der Waals surface area contributed by atoms with Gasteiger partial charge in [0.1, 0.15) is 16.5 Å². The van der Waals surface area contributed by atoms with Crippen LogP contribution in [0, 0.1) is 6.92 Å². The minimum atomic E-state index is -0.384. The molecule has 2 heterocycles. The quantitative estimate of drug-likeness (QED) is 0.166. The van der Waals surface area contributed by atoms with Crippen molar-refractivity contribution in [2.45, 2.75) is 6.92 Å². The molecule has 1 amide bonds. The zero-order chi connectivity index (χ0) is 25.9. The lowest BCUT2D eigenvalue weighted by molar-refractivity contribution is -0.115. The van der Waals surface area contributed by atoms with Crippen molar-refractivity contribution in [3.63, 3.8) is 0 Å². The van der Waals surface area contributed by atoms with Crippen molar-refractivity contribution in [2.75, 3.05) is 5.32 Å². The first kappa shape index (κ1) is 25.2. The molecule has 0 aliphatic rings. The maximum absolute atomic E-state index is 12.4. The molecule has 0 saturated carbocycles. The van der Waals surface area contributed by atoms with Crippen molar-refractivity contribution in [2.24, 2.45) is 0 Å². The number of para-hydroxylation sites is 1. The Labute approximate surface area is 232 Å². The van der Waals surface area contributed by atoms with Crippen LogP contribution in [0.2, 0.25) is 10.0 Å². The second-order valence-electron chi connectivity index (χ2n) is 8.15. The lowest BCUT2D eigenvalue weighted by atomic mass is 10.1. The number of fused-ring (bicyclic) bond motifs is 1. The van der Waals surface area contributed by atoms with E-state index in [-0.39, 0.29) is 11.0 Å². The summed E-state index contributed by atoms with van der Waals surface area (Å²) in [6.45, 7) is 1.98. The minimum Gasteiger partial charge on any atom is -0.457 e. The highest BCUT2D eigenvalue weighted by Crippen LogP contribution is 2.32. The van der Waals surface area contributed by atoms with E-state index < -0.39 is 0 Å². The fraction of sp³-hybridized carbons (Fsp3) is 0.0357. The molecule has 0 atom stereocenters. The number of nitrogens with one attached hydrogen (secondary N) is 2. The molecule has 37 heavy (non-hydrogen) atoms. The predicted molar refractivity (Wildman–Crippen MR) is 157 cm³/mol. The van der Waals surface area contributed by atoms with E-state index in [0.717, 1.165) is 37.6 Å². The van der Waals surface area contributed by atoms with Crippen LogP contribution in [0.1, 0.15) is 11.3 Å². The highest BCUT2D eigenvalue weighted by atomic mass is 35.5. The van der Waals surface area contributed by atoms with Gasteiger partial charge < -0.3 is 9.73 Å². The van der Waals surface area contributed by atoms with Gasteiger partial charge in [0.2, 0.25) is 5.91 Å². The van der Waals surface area contributed by atoms with Gasteiger partial charge in [-0.25, -0.2) is 4.98 Å². The molecule has 184 valence electrons. The third-order valence-electron chi connectivity index (χ3n) is 5.43. The highest BCUT2D eigenvalue weighted by molar-refractivity contribution is 7.80. The summed E-state index contributed by atoms with van der Waals surface area (Å²) in [5.41, 5.74) is 4.54. The summed E-state index contributed by atoms with van der Waals surface area (Å²) in [7, 11) is 0. The van der Waals surface area contributed by atoms with Crippen LogP contribution in [-0.4, -0.2) is 16.0 Å². The van der Waals surface area contributed by atoms with Crippen molar-refractivity contribution >= 4 is 79.8 Å². The van der Waals surface area contributed by atoms with Crippen LogP contribution in [-0.2, 0) is 4.79 Å². The minimum absolute atomic E-state index is 0.194. The van der Waals surface area contributed by atoms with Gasteiger partial charge in [-0.2, -0.15) is 0 Å². The Kier molecular flexibility index (Phi) is 7.39. The first-order chi connectivity index (χ1) is 17.8. The molecule has 9 heteroatoms. The molecular formula is C28H19Cl2N3O2S2. The number of benzene rings is 3. The molecule has 2 N–H and O–H groups in total. The van der Waals surface area contributed by atoms with E-state index in [1.165, 1.54) is 6.08 Å². The number of thiocarbonyl (C=S) groups is 1. The van der Waals surface area contributed by atoms with Crippen LogP contribution in [0.25, 0.3) is 38.2 Å². The SMILES string of the molecule is Cc1cc(-c2nc3ccccc3s2)ccc1NC(=S)NC(=O)/C=C/c1ccc(-c2cc(Cl)cc(Cl)c2)o1. The Morgan fingerprint density at radius 1 is 1.00 bits per heavy atom. The fourth-order valence-electron chi connectivity index (χ4n) is 3.69. The number of rotatable bonds is 5. The molecule has 0 saturated heterocycles. The molecule has 0 aliphatic carbocycles. The molecule has 2 aromatic heterocycles. The number of furan rings is 1.